The molecule has 0 radical (unpaired) electrons. The number of aryl methyl sites for hydroxylation is 4. The average molecular weight is 393 g/mol. The summed E-state index contributed by atoms with van der Waals surface area (Å²) in [5.41, 5.74) is 5.90. The first kappa shape index (κ1) is 20.5. The van der Waals surface area contributed by atoms with E-state index >= 15 is 0 Å². The van der Waals surface area contributed by atoms with Crippen molar-refractivity contribution in [2.45, 2.75) is 54.0 Å². The summed E-state index contributed by atoms with van der Waals surface area (Å²) < 4.78 is 3.66. The van der Waals surface area contributed by atoms with E-state index < -0.39 is 0 Å². The lowest BCUT2D eigenvalue weighted by Gasteiger charge is -2.15. The van der Waals surface area contributed by atoms with E-state index in [0.717, 1.165) is 34.9 Å². The molecule has 0 spiro atoms. The Bertz CT molecular complexity index is 1090. The van der Waals surface area contributed by atoms with Crippen LogP contribution in [0.2, 0.25) is 0 Å². The molecule has 0 bridgehead atoms. The minimum absolute atomic E-state index is 0.0160. The Balaban J connectivity index is 1.57. The van der Waals surface area contributed by atoms with E-state index in [2.05, 4.69) is 39.6 Å². The van der Waals surface area contributed by atoms with Gasteiger partial charge in [-0.2, -0.15) is 15.5 Å². The van der Waals surface area contributed by atoms with Gasteiger partial charge >= 0.3 is 0 Å². The van der Waals surface area contributed by atoms with Crippen LogP contribution in [0.4, 0.5) is 0 Å². The van der Waals surface area contributed by atoms with E-state index in [9.17, 15) is 4.79 Å². The maximum Gasteiger partial charge on any atom is 0.220 e. The van der Waals surface area contributed by atoms with Crippen LogP contribution in [0.5, 0.6) is 0 Å². The number of nitriles is 1. The molecule has 0 aliphatic carbocycles. The summed E-state index contributed by atoms with van der Waals surface area (Å²) in [5, 5.41) is 20.9. The summed E-state index contributed by atoms with van der Waals surface area (Å²) in [6.45, 7) is 11.4. The zero-order valence-corrected chi connectivity index (χ0v) is 17.7. The van der Waals surface area contributed by atoms with Gasteiger partial charge in [0.05, 0.1) is 11.9 Å². The number of amides is 1. The molecule has 0 aliphatic rings. The Morgan fingerprint density at radius 2 is 2.07 bits per heavy atom. The van der Waals surface area contributed by atoms with E-state index in [-0.39, 0.29) is 11.8 Å². The van der Waals surface area contributed by atoms with Crippen molar-refractivity contribution in [3.8, 4) is 6.07 Å². The number of nitrogens with one attached hydrogen (secondary N) is 1. The lowest BCUT2D eigenvalue weighted by molar-refractivity contribution is -0.121. The van der Waals surface area contributed by atoms with Crippen molar-refractivity contribution in [2.24, 2.45) is 5.92 Å². The van der Waals surface area contributed by atoms with E-state index in [4.69, 9.17) is 5.26 Å². The summed E-state index contributed by atoms with van der Waals surface area (Å²) in [5.74, 6) is 0.300. The highest BCUT2D eigenvalue weighted by atomic mass is 16.1. The largest absolute Gasteiger partial charge is 0.356 e. The molecule has 1 N–H and O–H groups in total. The Kier molecular flexibility index (Phi) is 5.97. The predicted octanol–water partition coefficient (Wildman–Crippen LogP) is 2.42. The lowest BCUT2D eigenvalue weighted by atomic mass is 10.1. The molecule has 1 atom stereocenters. The van der Waals surface area contributed by atoms with Gasteiger partial charge < -0.3 is 5.32 Å². The molecular weight excluding hydrogens is 366 g/mol. The molecule has 0 saturated carbocycles. The first-order chi connectivity index (χ1) is 13.8. The first-order valence-electron chi connectivity index (χ1n) is 9.81. The Hall–Kier alpha value is -3.21. The Morgan fingerprint density at radius 1 is 1.31 bits per heavy atom. The monoisotopic (exact) mass is 393 g/mol. The van der Waals surface area contributed by atoms with Crippen LogP contribution in [0.3, 0.4) is 0 Å². The molecular formula is C21H27N7O. The summed E-state index contributed by atoms with van der Waals surface area (Å²) >= 11 is 0. The van der Waals surface area contributed by atoms with Gasteiger partial charge in [0.25, 0.3) is 0 Å². The second-order valence-electron chi connectivity index (χ2n) is 7.69. The molecule has 0 fully saturated rings. The number of hydrogen-bond acceptors (Lipinski definition) is 5. The number of fused-ring (bicyclic) bond motifs is 1. The minimum Gasteiger partial charge on any atom is -0.356 e. The summed E-state index contributed by atoms with van der Waals surface area (Å²) in [6.07, 6.45) is 2.49. The molecule has 0 aromatic carbocycles. The fourth-order valence-electron chi connectivity index (χ4n) is 3.59. The number of nitrogens with zero attached hydrogens (tertiary/aromatic N) is 6. The molecule has 0 unspecified atom stereocenters. The second-order valence-corrected chi connectivity index (χ2v) is 7.69. The maximum atomic E-state index is 12.4. The van der Waals surface area contributed by atoms with Crippen molar-refractivity contribution in [1.82, 2.24) is 29.7 Å². The summed E-state index contributed by atoms with van der Waals surface area (Å²) in [4.78, 5) is 16.9. The Morgan fingerprint density at radius 3 is 2.72 bits per heavy atom. The highest BCUT2D eigenvalue weighted by Crippen LogP contribution is 2.18. The average Bonchev–Trinajstić information content (AvgIpc) is 3.22. The van der Waals surface area contributed by atoms with Crippen LogP contribution in [0, 0.1) is 44.9 Å². The number of rotatable bonds is 7. The van der Waals surface area contributed by atoms with Crippen molar-refractivity contribution in [3.63, 3.8) is 0 Å². The molecule has 3 aromatic heterocycles. The van der Waals surface area contributed by atoms with Gasteiger partial charge in [0.2, 0.25) is 5.91 Å². The highest BCUT2D eigenvalue weighted by Gasteiger charge is 2.15. The molecule has 152 valence electrons. The van der Waals surface area contributed by atoms with Gasteiger partial charge in [0.1, 0.15) is 11.6 Å². The Labute approximate surface area is 170 Å². The van der Waals surface area contributed by atoms with E-state index in [1.807, 2.05) is 32.4 Å². The zero-order valence-electron chi connectivity index (χ0n) is 17.7. The molecule has 8 nitrogen and oxygen atoms in total. The summed E-state index contributed by atoms with van der Waals surface area (Å²) in [6, 6.07) is 4.16. The molecule has 0 saturated heterocycles. The number of carbonyl (C=O) groups is 1. The highest BCUT2D eigenvalue weighted by molar-refractivity contribution is 5.76. The topological polar surface area (TPSA) is 101 Å². The van der Waals surface area contributed by atoms with E-state index in [1.54, 1.807) is 4.52 Å². The first-order valence-corrected chi connectivity index (χ1v) is 9.81. The SMILES string of the molecule is Cc1cc(C)n(C[C@H](C)CNC(=O)CCc2c(C)nc3c(C#N)cnn3c2C)n1. The van der Waals surface area contributed by atoms with Crippen LogP contribution in [0.15, 0.2) is 12.3 Å². The molecule has 0 aliphatic heterocycles. The van der Waals surface area contributed by atoms with E-state index in [1.165, 1.54) is 6.20 Å². The fraction of sp³-hybridized carbons (Fsp3) is 0.476. The quantitative estimate of drug-likeness (QED) is 0.664. The third-order valence-electron chi connectivity index (χ3n) is 5.17. The molecule has 3 heterocycles. The van der Waals surface area contributed by atoms with Crippen LogP contribution >= 0.6 is 0 Å². The van der Waals surface area contributed by atoms with Crippen molar-refractivity contribution in [3.05, 3.63) is 46.2 Å². The van der Waals surface area contributed by atoms with Gasteiger partial charge in [-0.15, -0.1) is 0 Å². The predicted molar refractivity (Wildman–Crippen MR) is 109 cm³/mol. The zero-order chi connectivity index (χ0) is 21.1. The molecule has 1 amide bonds. The summed E-state index contributed by atoms with van der Waals surface area (Å²) in [7, 11) is 0. The third-order valence-corrected chi connectivity index (χ3v) is 5.17. The molecule has 3 aromatic rings. The standard InChI is InChI=1S/C21H27N7O/c1-13(12-27-15(3)8-14(2)26-27)10-23-20(29)7-6-19-16(4)25-21-18(9-22)11-24-28(21)17(19)5/h8,11,13H,6-7,10,12H2,1-5H3,(H,23,29)/t13-/m1/s1. The van der Waals surface area contributed by atoms with Gasteiger partial charge in [0.15, 0.2) is 5.65 Å². The van der Waals surface area contributed by atoms with Crippen LogP contribution < -0.4 is 5.32 Å². The van der Waals surface area contributed by atoms with Crippen molar-refractivity contribution in [2.75, 3.05) is 6.54 Å². The van der Waals surface area contributed by atoms with E-state index in [0.29, 0.717) is 30.6 Å². The molecule has 3 rings (SSSR count). The van der Waals surface area contributed by atoms with Gasteiger partial charge in [-0.05, 0) is 51.7 Å². The second kappa shape index (κ2) is 8.43. The number of hydrogen-bond donors (Lipinski definition) is 1. The number of aromatic nitrogens is 5. The van der Waals surface area contributed by atoms with Crippen LogP contribution in [-0.2, 0) is 17.8 Å². The van der Waals surface area contributed by atoms with Crippen LogP contribution in [0.1, 0.15) is 47.2 Å². The van der Waals surface area contributed by atoms with Gasteiger partial charge in [-0.25, -0.2) is 9.50 Å². The fourth-order valence-corrected chi connectivity index (χ4v) is 3.59. The van der Waals surface area contributed by atoms with Crippen molar-refractivity contribution >= 4 is 11.6 Å². The maximum absolute atomic E-state index is 12.4. The van der Waals surface area contributed by atoms with Crippen LogP contribution in [-0.4, -0.2) is 36.8 Å². The van der Waals surface area contributed by atoms with Gasteiger partial charge in [0, 0.05) is 36.6 Å². The minimum atomic E-state index is 0.0160. The van der Waals surface area contributed by atoms with Gasteiger partial charge in [-0.1, -0.05) is 6.92 Å². The van der Waals surface area contributed by atoms with Crippen molar-refractivity contribution < 1.29 is 4.79 Å². The molecule has 29 heavy (non-hydrogen) atoms. The van der Waals surface area contributed by atoms with Crippen LogP contribution in [0.25, 0.3) is 5.65 Å². The molecule has 8 heteroatoms. The van der Waals surface area contributed by atoms with Crippen molar-refractivity contribution in [1.29, 1.82) is 5.26 Å². The normalized spacial score (nSPS) is 12.1. The van der Waals surface area contributed by atoms with Gasteiger partial charge in [-0.3, -0.25) is 9.48 Å². The third kappa shape index (κ3) is 4.45. The lowest BCUT2D eigenvalue weighted by Crippen LogP contribution is -2.30. The smallest absolute Gasteiger partial charge is 0.220 e. The number of carbonyl (C=O) groups excluding carboxylic acids is 1.